The van der Waals surface area contributed by atoms with E-state index in [9.17, 15) is 0 Å². The number of rotatable bonds is 6. The van der Waals surface area contributed by atoms with Crippen molar-refractivity contribution in [1.82, 2.24) is 10.2 Å². The highest BCUT2D eigenvalue weighted by Gasteiger charge is 2.10. The Labute approximate surface area is 91.7 Å². The SMILES string of the molecule is CN[C@@H](CN(C)CCO)c1ccccc1. The summed E-state index contributed by atoms with van der Waals surface area (Å²) in [5.74, 6) is 0. The topological polar surface area (TPSA) is 35.5 Å². The maximum Gasteiger partial charge on any atom is 0.0558 e. The van der Waals surface area contributed by atoms with Crippen molar-refractivity contribution in [3.63, 3.8) is 0 Å². The number of benzene rings is 1. The Morgan fingerprint density at radius 1 is 1.33 bits per heavy atom. The Kier molecular flexibility index (Phi) is 5.32. The van der Waals surface area contributed by atoms with Gasteiger partial charge in [0.15, 0.2) is 0 Å². The summed E-state index contributed by atoms with van der Waals surface area (Å²) in [6.45, 7) is 1.83. The fourth-order valence-electron chi connectivity index (χ4n) is 1.62. The van der Waals surface area contributed by atoms with Gasteiger partial charge >= 0.3 is 0 Å². The molecule has 0 bridgehead atoms. The molecule has 0 saturated carbocycles. The van der Waals surface area contributed by atoms with Crippen LogP contribution in [0.2, 0.25) is 0 Å². The van der Waals surface area contributed by atoms with Crippen molar-refractivity contribution in [3.8, 4) is 0 Å². The zero-order valence-electron chi connectivity index (χ0n) is 9.48. The van der Waals surface area contributed by atoms with Crippen LogP contribution in [0.4, 0.5) is 0 Å². The van der Waals surface area contributed by atoms with Crippen LogP contribution in [0.25, 0.3) is 0 Å². The van der Waals surface area contributed by atoms with E-state index in [0.717, 1.165) is 6.54 Å². The molecule has 0 aliphatic rings. The first kappa shape index (κ1) is 12.2. The highest BCUT2D eigenvalue weighted by Crippen LogP contribution is 2.12. The van der Waals surface area contributed by atoms with Crippen LogP contribution in [0.3, 0.4) is 0 Å². The van der Waals surface area contributed by atoms with Crippen molar-refractivity contribution >= 4 is 0 Å². The molecule has 1 aromatic carbocycles. The molecule has 2 N–H and O–H groups in total. The number of aliphatic hydroxyl groups excluding tert-OH is 1. The molecular weight excluding hydrogens is 188 g/mol. The summed E-state index contributed by atoms with van der Waals surface area (Å²) >= 11 is 0. The second-order valence-corrected chi connectivity index (χ2v) is 3.74. The molecule has 1 atom stereocenters. The minimum absolute atomic E-state index is 0.210. The quantitative estimate of drug-likeness (QED) is 0.728. The van der Waals surface area contributed by atoms with Gasteiger partial charge < -0.3 is 15.3 Å². The van der Waals surface area contributed by atoms with E-state index < -0.39 is 0 Å². The third-order valence-corrected chi connectivity index (χ3v) is 2.53. The lowest BCUT2D eigenvalue weighted by Gasteiger charge is -2.23. The highest BCUT2D eigenvalue weighted by atomic mass is 16.3. The van der Waals surface area contributed by atoms with Crippen LogP contribution in [0.15, 0.2) is 30.3 Å². The molecule has 84 valence electrons. The Morgan fingerprint density at radius 3 is 2.53 bits per heavy atom. The van der Waals surface area contributed by atoms with Gasteiger partial charge in [-0.25, -0.2) is 0 Å². The Balaban J connectivity index is 2.56. The Bertz CT molecular complexity index is 264. The largest absolute Gasteiger partial charge is 0.395 e. The smallest absolute Gasteiger partial charge is 0.0558 e. The van der Waals surface area contributed by atoms with Crippen LogP contribution >= 0.6 is 0 Å². The van der Waals surface area contributed by atoms with Gasteiger partial charge in [0.25, 0.3) is 0 Å². The number of hydrogen-bond acceptors (Lipinski definition) is 3. The molecule has 15 heavy (non-hydrogen) atoms. The lowest BCUT2D eigenvalue weighted by molar-refractivity contribution is 0.210. The predicted octanol–water partition coefficient (Wildman–Crippen LogP) is 0.871. The minimum atomic E-state index is 0.210. The monoisotopic (exact) mass is 208 g/mol. The molecular formula is C12H20N2O. The van der Waals surface area contributed by atoms with Crippen molar-refractivity contribution < 1.29 is 5.11 Å². The fourth-order valence-corrected chi connectivity index (χ4v) is 1.62. The zero-order valence-corrected chi connectivity index (χ0v) is 9.48. The van der Waals surface area contributed by atoms with Crippen molar-refractivity contribution in [2.75, 3.05) is 33.8 Å². The van der Waals surface area contributed by atoms with E-state index in [-0.39, 0.29) is 6.61 Å². The molecule has 0 aromatic heterocycles. The normalized spacial score (nSPS) is 13.1. The van der Waals surface area contributed by atoms with Crippen molar-refractivity contribution in [2.24, 2.45) is 0 Å². The van der Waals surface area contributed by atoms with Crippen LogP contribution in [0, 0.1) is 0 Å². The maximum absolute atomic E-state index is 8.83. The summed E-state index contributed by atoms with van der Waals surface area (Å²) in [7, 11) is 3.98. The second-order valence-electron chi connectivity index (χ2n) is 3.74. The second kappa shape index (κ2) is 6.56. The van der Waals surface area contributed by atoms with Crippen LogP contribution in [-0.2, 0) is 0 Å². The predicted molar refractivity (Wildman–Crippen MR) is 62.8 cm³/mol. The molecule has 0 unspecified atom stereocenters. The van der Waals surface area contributed by atoms with Crippen LogP contribution in [0.5, 0.6) is 0 Å². The highest BCUT2D eigenvalue weighted by molar-refractivity contribution is 5.19. The first-order valence-electron chi connectivity index (χ1n) is 5.29. The van der Waals surface area contributed by atoms with Gasteiger partial charge in [-0.15, -0.1) is 0 Å². The summed E-state index contributed by atoms with van der Waals surface area (Å²) in [5, 5.41) is 12.1. The van der Waals surface area contributed by atoms with Gasteiger partial charge in [0.1, 0.15) is 0 Å². The van der Waals surface area contributed by atoms with E-state index in [0.29, 0.717) is 12.6 Å². The van der Waals surface area contributed by atoms with Gasteiger partial charge in [0.2, 0.25) is 0 Å². The fraction of sp³-hybridized carbons (Fsp3) is 0.500. The lowest BCUT2D eigenvalue weighted by atomic mass is 10.1. The standard InChI is InChI=1S/C12H20N2O/c1-13-12(10-14(2)8-9-15)11-6-4-3-5-7-11/h3-7,12-13,15H,8-10H2,1-2H3/t12-/m0/s1. The molecule has 1 aromatic rings. The van der Waals surface area contributed by atoms with E-state index in [1.165, 1.54) is 5.56 Å². The lowest BCUT2D eigenvalue weighted by Crippen LogP contribution is -2.32. The number of nitrogens with one attached hydrogen (secondary N) is 1. The average molecular weight is 208 g/mol. The summed E-state index contributed by atoms with van der Waals surface area (Å²) in [6, 6.07) is 10.7. The van der Waals surface area contributed by atoms with Crippen molar-refractivity contribution in [1.29, 1.82) is 0 Å². The van der Waals surface area contributed by atoms with E-state index in [4.69, 9.17) is 5.11 Å². The molecule has 0 aliphatic carbocycles. The molecule has 0 fully saturated rings. The third kappa shape index (κ3) is 4.00. The van der Waals surface area contributed by atoms with Crippen molar-refractivity contribution in [2.45, 2.75) is 6.04 Å². The third-order valence-electron chi connectivity index (χ3n) is 2.53. The molecule has 0 radical (unpaired) electrons. The van der Waals surface area contributed by atoms with Gasteiger partial charge in [-0.05, 0) is 19.7 Å². The number of likely N-dealkylation sites (N-methyl/N-ethyl adjacent to an activating group) is 2. The molecule has 3 heteroatoms. The number of nitrogens with zero attached hydrogens (tertiary/aromatic N) is 1. The van der Waals surface area contributed by atoms with E-state index >= 15 is 0 Å². The summed E-state index contributed by atoms with van der Waals surface area (Å²) < 4.78 is 0. The first-order valence-corrected chi connectivity index (χ1v) is 5.29. The van der Waals surface area contributed by atoms with Crippen LogP contribution in [-0.4, -0.2) is 43.8 Å². The van der Waals surface area contributed by atoms with Gasteiger partial charge in [-0.1, -0.05) is 30.3 Å². The van der Waals surface area contributed by atoms with Gasteiger partial charge in [-0.2, -0.15) is 0 Å². The van der Waals surface area contributed by atoms with Gasteiger partial charge in [0, 0.05) is 19.1 Å². The van der Waals surface area contributed by atoms with Gasteiger partial charge in [-0.3, -0.25) is 0 Å². The molecule has 0 saturated heterocycles. The number of aliphatic hydroxyl groups is 1. The maximum atomic E-state index is 8.83. The molecule has 0 amide bonds. The summed E-state index contributed by atoms with van der Waals surface area (Å²) in [4.78, 5) is 2.12. The average Bonchev–Trinajstić information content (AvgIpc) is 2.27. The Hall–Kier alpha value is -0.900. The van der Waals surface area contributed by atoms with Crippen LogP contribution in [0.1, 0.15) is 11.6 Å². The molecule has 0 spiro atoms. The molecule has 0 aliphatic heterocycles. The summed E-state index contributed by atoms with van der Waals surface area (Å²) in [5.41, 5.74) is 1.28. The molecule has 0 heterocycles. The van der Waals surface area contributed by atoms with Gasteiger partial charge in [0.05, 0.1) is 6.61 Å². The zero-order chi connectivity index (χ0) is 11.1. The summed E-state index contributed by atoms with van der Waals surface area (Å²) in [6.07, 6.45) is 0. The first-order chi connectivity index (χ1) is 7.27. The molecule has 3 nitrogen and oxygen atoms in total. The Morgan fingerprint density at radius 2 is 2.00 bits per heavy atom. The molecule has 1 rings (SSSR count). The van der Waals surface area contributed by atoms with Crippen molar-refractivity contribution in [3.05, 3.63) is 35.9 Å². The van der Waals surface area contributed by atoms with E-state index in [2.05, 4.69) is 22.3 Å². The van der Waals surface area contributed by atoms with Crippen LogP contribution < -0.4 is 5.32 Å². The minimum Gasteiger partial charge on any atom is -0.395 e. The number of hydrogen-bond donors (Lipinski definition) is 2. The van der Waals surface area contributed by atoms with E-state index in [1.807, 2.05) is 32.3 Å². The van der Waals surface area contributed by atoms with E-state index in [1.54, 1.807) is 0 Å².